The lowest BCUT2D eigenvalue weighted by Crippen LogP contribution is -2.41. The summed E-state index contributed by atoms with van der Waals surface area (Å²) in [5, 5.41) is 0.338. The predicted molar refractivity (Wildman–Crippen MR) is 84.6 cm³/mol. The summed E-state index contributed by atoms with van der Waals surface area (Å²) in [5.74, 6) is -0.258. The molecular weight excluding hydrogens is 335 g/mol. The maximum atomic E-state index is 12.6. The van der Waals surface area contributed by atoms with Gasteiger partial charge < -0.3 is 10.6 Å². The molecule has 0 spiro atoms. The van der Waals surface area contributed by atoms with Gasteiger partial charge in [0.1, 0.15) is 0 Å². The number of nitrogens with zero attached hydrogens (tertiary/aromatic N) is 1. The van der Waals surface area contributed by atoms with E-state index < -0.39 is 9.84 Å². The van der Waals surface area contributed by atoms with Gasteiger partial charge in [0.05, 0.1) is 27.1 Å². The van der Waals surface area contributed by atoms with Crippen LogP contribution in [0.1, 0.15) is 23.7 Å². The summed E-state index contributed by atoms with van der Waals surface area (Å²) in [6.07, 6.45) is 0.440. The molecule has 21 heavy (non-hydrogen) atoms. The third-order valence-electron chi connectivity index (χ3n) is 3.53. The Labute approximate surface area is 133 Å². The van der Waals surface area contributed by atoms with Gasteiger partial charge >= 0.3 is 0 Å². The summed E-state index contributed by atoms with van der Waals surface area (Å²) >= 11 is 12.0. The fourth-order valence-corrected chi connectivity index (χ4v) is 4.66. The molecule has 0 saturated carbocycles. The maximum Gasteiger partial charge on any atom is 0.255 e. The van der Waals surface area contributed by atoms with Crippen molar-refractivity contribution in [2.75, 3.05) is 23.8 Å². The molecular formula is C13H16Cl2N2O3S. The third kappa shape index (κ3) is 3.44. The van der Waals surface area contributed by atoms with Crippen LogP contribution in [0.4, 0.5) is 5.69 Å². The van der Waals surface area contributed by atoms with Crippen molar-refractivity contribution in [1.29, 1.82) is 0 Å². The van der Waals surface area contributed by atoms with E-state index in [0.29, 0.717) is 18.7 Å². The van der Waals surface area contributed by atoms with Crippen LogP contribution < -0.4 is 5.73 Å². The van der Waals surface area contributed by atoms with E-state index in [1.807, 2.05) is 0 Å². The molecule has 1 atom stereocenters. The molecule has 2 N–H and O–H groups in total. The molecule has 1 aromatic rings. The van der Waals surface area contributed by atoms with Crippen LogP contribution >= 0.6 is 23.2 Å². The standard InChI is InChI=1S/C13H16Cl2N2O3S/c1-2-17(9-3-4-21(19,20)7-9)13(18)10-5-8(16)6-11(14)12(10)15/h5-6,9H,2-4,7,16H2,1H3. The first-order valence-electron chi connectivity index (χ1n) is 6.51. The van der Waals surface area contributed by atoms with Crippen molar-refractivity contribution in [2.45, 2.75) is 19.4 Å². The highest BCUT2D eigenvalue weighted by Crippen LogP contribution is 2.30. The van der Waals surface area contributed by atoms with Crippen LogP contribution in [-0.2, 0) is 9.84 Å². The van der Waals surface area contributed by atoms with Gasteiger partial charge in [-0.25, -0.2) is 8.42 Å². The van der Waals surface area contributed by atoms with Crippen molar-refractivity contribution in [3.63, 3.8) is 0 Å². The van der Waals surface area contributed by atoms with Crippen LogP contribution in [-0.4, -0.2) is 43.3 Å². The van der Waals surface area contributed by atoms with E-state index >= 15 is 0 Å². The first-order valence-corrected chi connectivity index (χ1v) is 9.09. The van der Waals surface area contributed by atoms with Gasteiger partial charge in [-0.3, -0.25) is 4.79 Å². The maximum absolute atomic E-state index is 12.6. The normalized spacial score (nSPS) is 20.4. The van der Waals surface area contributed by atoms with E-state index in [1.165, 1.54) is 17.0 Å². The number of benzene rings is 1. The number of rotatable bonds is 3. The van der Waals surface area contributed by atoms with Crippen molar-refractivity contribution < 1.29 is 13.2 Å². The minimum atomic E-state index is -3.07. The Morgan fingerprint density at radius 2 is 2.10 bits per heavy atom. The van der Waals surface area contributed by atoms with Gasteiger partial charge in [-0.05, 0) is 25.5 Å². The van der Waals surface area contributed by atoms with Crippen LogP contribution in [0.25, 0.3) is 0 Å². The zero-order valence-corrected chi connectivity index (χ0v) is 13.8. The van der Waals surface area contributed by atoms with Crippen LogP contribution in [0.5, 0.6) is 0 Å². The zero-order chi connectivity index (χ0) is 15.8. The van der Waals surface area contributed by atoms with Crippen molar-refractivity contribution in [1.82, 2.24) is 4.90 Å². The van der Waals surface area contributed by atoms with E-state index in [2.05, 4.69) is 0 Å². The van der Waals surface area contributed by atoms with Gasteiger partial charge in [-0.15, -0.1) is 0 Å². The number of hydrogen-bond donors (Lipinski definition) is 1. The Hall–Kier alpha value is -0.980. The molecule has 5 nitrogen and oxygen atoms in total. The quantitative estimate of drug-likeness (QED) is 0.847. The van der Waals surface area contributed by atoms with Gasteiger partial charge in [-0.1, -0.05) is 23.2 Å². The van der Waals surface area contributed by atoms with Crippen LogP contribution in [0, 0.1) is 0 Å². The Kier molecular flexibility index (Phi) is 4.70. The van der Waals surface area contributed by atoms with Gasteiger partial charge in [-0.2, -0.15) is 0 Å². The fourth-order valence-electron chi connectivity index (χ4n) is 2.51. The van der Waals surface area contributed by atoms with E-state index in [4.69, 9.17) is 28.9 Å². The Balaban J connectivity index is 2.34. The minimum Gasteiger partial charge on any atom is -0.399 e. The molecule has 0 radical (unpaired) electrons. The molecule has 0 aliphatic carbocycles. The fraction of sp³-hybridized carbons (Fsp3) is 0.462. The number of halogens is 2. The molecule has 1 aliphatic rings. The smallest absolute Gasteiger partial charge is 0.255 e. The van der Waals surface area contributed by atoms with E-state index in [0.717, 1.165) is 0 Å². The van der Waals surface area contributed by atoms with E-state index in [1.54, 1.807) is 6.92 Å². The lowest BCUT2D eigenvalue weighted by Gasteiger charge is -2.27. The monoisotopic (exact) mass is 350 g/mol. The summed E-state index contributed by atoms with van der Waals surface area (Å²) in [6, 6.07) is 2.60. The van der Waals surface area contributed by atoms with Crippen molar-refractivity contribution >= 4 is 44.6 Å². The molecule has 1 fully saturated rings. The summed E-state index contributed by atoms with van der Waals surface area (Å²) in [6.45, 7) is 2.19. The first kappa shape index (κ1) is 16.4. The molecule has 1 aliphatic heterocycles. The predicted octanol–water partition coefficient (Wildman–Crippen LogP) is 2.22. The highest BCUT2D eigenvalue weighted by Gasteiger charge is 2.35. The molecule has 1 saturated heterocycles. The largest absolute Gasteiger partial charge is 0.399 e. The number of amides is 1. The van der Waals surface area contributed by atoms with Crippen LogP contribution in [0.2, 0.25) is 10.0 Å². The van der Waals surface area contributed by atoms with Crippen LogP contribution in [0.15, 0.2) is 12.1 Å². The van der Waals surface area contributed by atoms with Gasteiger partial charge in [0, 0.05) is 18.3 Å². The van der Waals surface area contributed by atoms with Gasteiger partial charge in [0.25, 0.3) is 5.91 Å². The molecule has 1 unspecified atom stereocenters. The lowest BCUT2D eigenvalue weighted by molar-refractivity contribution is 0.0708. The average Bonchev–Trinajstić information content (AvgIpc) is 2.74. The molecule has 1 heterocycles. The number of anilines is 1. The molecule has 8 heteroatoms. The molecule has 1 aromatic carbocycles. The second-order valence-electron chi connectivity index (χ2n) is 5.01. The zero-order valence-electron chi connectivity index (χ0n) is 11.5. The highest BCUT2D eigenvalue weighted by molar-refractivity contribution is 7.91. The molecule has 116 valence electrons. The molecule has 2 rings (SSSR count). The lowest BCUT2D eigenvalue weighted by atomic mass is 10.1. The second-order valence-corrected chi connectivity index (χ2v) is 8.03. The molecule has 1 amide bonds. The molecule has 0 bridgehead atoms. The Morgan fingerprint density at radius 3 is 2.62 bits per heavy atom. The molecule has 0 aromatic heterocycles. The van der Waals surface area contributed by atoms with Crippen molar-refractivity contribution in [2.24, 2.45) is 0 Å². The number of sulfone groups is 1. The van der Waals surface area contributed by atoms with Gasteiger partial charge in [0.2, 0.25) is 0 Å². The highest BCUT2D eigenvalue weighted by atomic mass is 35.5. The summed E-state index contributed by atoms with van der Waals surface area (Å²) in [5.41, 5.74) is 6.23. The number of hydrogen-bond acceptors (Lipinski definition) is 4. The third-order valence-corrected chi connectivity index (χ3v) is 6.08. The number of nitrogens with two attached hydrogens (primary N) is 1. The summed E-state index contributed by atoms with van der Waals surface area (Å²) < 4.78 is 23.2. The number of carbonyl (C=O) groups is 1. The van der Waals surface area contributed by atoms with Crippen molar-refractivity contribution in [3.05, 3.63) is 27.7 Å². The summed E-state index contributed by atoms with van der Waals surface area (Å²) in [4.78, 5) is 14.1. The second kappa shape index (κ2) is 6.02. The van der Waals surface area contributed by atoms with E-state index in [-0.39, 0.29) is 39.1 Å². The summed E-state index contributed by atoms with van der Waals surface area (Å²) in [7, 11) is -3.07. The SMILES string of the molecule is CCN(C(=O)c1cc(N)cc(Cl)c1Cl)C1CCS(=O)(=O)C1. The number of nitrogen functional groups attached to an aromatic ring is 1. The Bertz CT molecular complexity index is 676. The van der Waals surface area contributed by atoms with Gasteiger partial charge in [0.15, 0.2) is 9.84 Å². The van der Waals surface area contributed by atoms with E-state index in [9.17, 15) is 13.2 Å². The average molecular weight is 351 g/mol. The Morgan fingerprint density at radius 1 is 1.43 bits per heavy atom. The minimum absolute atomic E-state index is 0.0136. The topological polar surface area (TPSA) is 80.5 Å². The first-order chi connectivity index (χ1) is 9.75. The van der Waals surface area contributed by atoms with Crippen molar-refractivity contribution in [3.8, 4) is 0 Å². The number of carbonyl (C=O) groups excluding carboxylic acids is 1. The van der Waals surface area contributed by atoms with Crippen LogP contribution in [0.3, 0.4) is 0 Å².